The van der Waals surface area contributed by atoms with E-state index in [-0.39, 0.29) is 17.4 Å². The molecule has 0 bridgehead atoms. The van der Waals surface area contributed by atoms with Crippen molar-refractivity contribution >= 4 is 23.5 Å². The smallest absolute Gasteiger partial charge is 0.0717 e. The van der Waals surface area contributed by atoms with E-state index >= 15 is 0 Å². The minimum Gasteiger partial charge on any atom is -0.360 e. The summed E-state index contributed by atoms with van der Waals surface area (Å²) in [6, 6.07) is 26.7. The molecule has 274 valence electrons. The Kier molecular flexibility index (Phi) is 8.02. The molecule has 1 spiro atoms. The Morgan fingerprint density at radius 1 is 0.764 bits per heavy atom. The van der Waals surface area contributed by atoms with Crippen LogP contribution in [0.25, 0.3) is 0 Å². The Hall–Kier alpha value is -4.18. The third-order valence-corrected chi connectivity index (χ3v) is 16.5. The molecule has 1 nitrogen and oxygen atoms in total. The molecule has 1 saturated heterocycles. The van der Waals surface area contributed by atoms with Crippen molar-refractivity contribution < 1.29 is 0 Å². The summed E-state index contributed by atoms with van der Waals surface area (Å²) < 4.78 is 0. The highest BCUT2D eigenvalue weighted by atomic mass is 32.2. The molecule has 55 heavy (non-hydrogen) atoms. The lowest BCUT2D eigenvalue weighted by atomic mass is 9.55. The van der Waals surface area contributed by atoms with Crippen molar-refractivity contribution in [3.05, 3.63) is 196 Å². The monoisotopic (exact) mass is 751 g/mol. The Morgan fingerprint density at radius 2 is 1.55 bits per heavy atom. The molecule has 1 fully saturated rings. The number of likely N-dealkylation sites (tertiary alicyclic amines) is 1. The van der Waals surface area contributed by atoms with E-state index in [0.29, 0.717) is 29.7 Å². The topological polar surface area (TPSA) is 3.24 Å². The molecule has 3 heteroatoms. The van der Waals surface area contributed by atoms with Crippen molar-refractivity contribution in [1.29, 1.82) is 0 Å². The Balaban J connectivity index is 1.20. The number of hydrogen-bond donors (Lipinski definition) is 0. The Morgan fingerprint density at radius 3 is 2.33 bits per heavy atom. The minimum absolute atomic E-state index is 0.0161. The second-order valence-corrected chi connectivity index (χ2v) is 19.5. The lowest BCUT2D eigenvalue weighted by Gasteiger charge is -2.53. The van der Waals surface area contributed by atoms with E-state index in [1.54, 1.807) is 16.8 Å². The first-order valence-electron chi connectivity index (χ1n) is 20.7. The summed E-state index contributed by atoms with van der Waals surface area (Å²) in [5, 5.41) is 0. The summed E-state index contributed by atoms with van der Waals surface area (Å²) in [5.74, 6) is 1.88. The van der Waals surface area contributed by atoms with Gasteiger partial charge in [-0.1, -0.05) is 178 Å². The molecular formula is C52H49NS2. The van der Waals surface area contributed by atoms with Crippen LogP contribution in [0.2, 0.25) is 0 Å². The van der Waals surface area contributed by atoms with E-state index in [1.165, 1.54) is 61.1 Å². The molecule has 0 saturated carbocycles. The van der Waals surface area contributed by atoms with Crippen LogP contribution in [0.15, 0.2) is 188 Å². The van der Waals surface area contributed by atoms with Gasteiger partial charge in [-0.15, -0.1) is 0 Å². The molecule has 0 radical (unpaired) electrons. The average Bonchev–Trinajstić information content (AvgIpc) is 3.50. The second kappa shape index (κ2) is 12.9. The molecule has 3 heterocycles. The van der Waals surface area contributed by atoms with Crippen LogP contribution in [-0.2, 0) is 5.41 Å². The lowest BCUT2D eigenvalue weighted by Crippen LogP contribution is -2.47. The standard InChI is InChI=1S/C52H49NS2/c1-33-16-13-19-36(32-33)53-46-28-11-12-31-51(46,3)41-24-14-21-38(50(41)53)47-34(2)29-30-45-49(47)52(39-22-7-9-25-42(39)54-43-26-10-8-23-40(43)52)48-37(20-15-27-44(48)55-45)35-17-5-4-6-18-35/h4-12,14-15,17,20-35,41,46-47,50H,13,16,18-19H2,1-3H3. The predicted molar refractivity (Wildman–Crippen MR) is 231 cm³/mol. The van der Waals surface area contributed by atoms with E-state index < -0.39 is 5.41 Å². The highest BCUT2D eigenvalue weighted by Gasteiger charge is 2.60. The summed E-state index contributed by atoms with van der Waals surface area (Å²) in [5.41, 5.74) is 10.2. The van der Waals surface area contributed by atoms with E-state index in [0.717, 1.165) is 6.42 Å². The van der Waals surface area contributed by atoms with Gasteiger partial charge in [0.05, 0.1) is 17.5 Å². The highest BCUT2D eigenvalue weighted by Crippen LogP contribution is 2.67. The van der Waals surface area contributed by atoms with Crippen LogP contribution in [0.4, 0.5) is 0 Å². The number of thioether (sulfide) groups is 1. The van der Waals surface area contributed by atoms with Crippen LogP contribution in [0.5, 0.6) is 0 Å². The number of allylic oxidation sites excluding steroid dienone is 13. The Labute approximate surface area is 336 Å². The molecule has 8 unspecified atom stereocenters. The SMILES string of the molecule is CC1C=C(N2C3C(C4C5=C(C=CC4C)Sc4cccc(C6C=CC=CC6)c4C54c5ccccc5Sc5ccccc54)=CC=CC3C3(C)C=CC=CC23)CCC1. The average molecular weight is 752 g/mol. The molecule has 0 amide bonds. The van der Waals surface area contributed by atoms with Crippen LogP contribution in [0.1, 0.15) is 74.6 Å². The fourth-order valence-corrected chi connectivity index (χ4v) is 14.4. The molecule has 3 aromatic carbocycles. The van der Waals surface area contributed by atoms with E-state index in [9.17, 15) is 0 Å². The maximum atomic E-state index is 2.93. The van der Waals surface area contributed by atoms with Crippen molar-refractivity contribution in [2.45, 2.75) is 84.6 Å². The first-order valence-corrected chi connectivity index (χ1v) is 22.3. The van der Waals surface area contributed by atoms with E-state index in [2.05, 4.69) is 177 Å². The van der Waals surface area contributed by atoms with Crippen molar-refractivity contribution in [3.8, 4) is 0 Å². The first kappa shape index (κ1) is 34.1. The molecule has 11 rings (SSSR count). The molecule has 3 aromatic rings. The van der Waals surface area contributed by atoms with Gasteiger partial charge in [-0.25, -0.2) is 0 Å². The normalized spacial score (nSPS) is 33.0. The van der Waals surface area contributed by atoms with E-state index in [1.807, 2.05) is 23.5 Å². The van der Waals surface area contributed by atoms with Gasteiger partial charge in [-0.2, -0.15) is 0 Å². The fourth-order valence-electron chi connectivity index (χ4n) is 11.9. The van der Waals surface area contributed by atoms with Crippen molar-refractivity contribution in [2.75, 3.05) is 0 Å². The van der Waals surface area contributed by atoms with Gasteiger partial charge in [-0.3, -0.25) is 0 Å². The van der Waals surface area contributed by atoms with Gasteiger partial charge in [0.2, 0.25) is 0 Å². The summed E-state index contributed by atoms with van der Waals surface area (Å²) >= 11 is 3.99. The van der Waals surface area contributed by atoms with Gasteiger partial charge in [0.15, 0.2) is 0 Å². The third-order valence-electron chi connectivity index (χ3n) is 14.3. The molecular weight excluding hydrogens is 703 g/mol. The summed E-state index contributed by atoms with van der Waals surface area (Å²) in [7, 11) is 0. The number of hydrogen-bond acceptors (Lipinski definition) is 3. The minimum atomic E-state index is -0.445. The maximum absolute atomic E-state index is 2.93. The molecule has 5 aliphatic carbocycles. The first-order chi connectivity index (χ1) is 27.0. The maximum Gasteiger partial charge on any atom is 0.0717 e. The zero-order valence-corrected chi connectivity index (χ0v) is 33.7. The predicted octanol–water partition coefficient (Wildman–Crippen LogP) is 13.3. The molecule has 3 aliphatic heterocycles. The molecule has 0 aromatic heterocycles. The summed E-state index contributed by atoms with van der Waals surface area (Å²) in [4.78, 5) is 8.54. The van der Waals surface area contributed by atoms with Gasteiger partial charge in [0.1, 0.15) is 0 Å². The van der Waals surface area contributed by atoms with Crippen molar-refractivity contribution in [3.63, 3.8) is 0 Å². The van der Waals surface area contributed by atoms with Gasteiger partial charge >= 0.3 is 0 Å². The fraction of sp³-hybridized carbons (Fsp3) is 0.308. The van der Waals surface area contributed by atoms with Gasteiger partial charge < -0.3 is 4.90 Å². The summed E-state index contributed by atoms with van der Waals surface area (Å²) in [6.45, 7) is 7.48. The van der Waals surface area contributed by atoms with Gasteiger partial charge in [0, 0.05) is 48.5 Å². The lowest BCUT2D eigenvalue weighted by molar-refractivity contribution is 0.242. The number of nitrogens with zero attached hydrogens (tertiary/aromatic N) is 1. The van der Waals surface area contributed by atoms with Crippen LogP contribution < -0.4 is 0 Å². The number of benzene rings is 3. The zero-order chi connectivity index (χ0) is 36.9. The third kappa shape index (κ3) is 4.88. The van der Waals surface area contributed by atoms with Crippen LogP contribution in [0.3, 0.4) is 0 Å². The number of fused-ring (bicyclic) bond motifs is 10. The van der Waals surface area contributed by atoms with Crippen molar-refractivity contribution in [1.82, 2.24) is 4.90 Å². The highest BCUT2D eigenvalue weighted by molar-refractivity contribution is 8.03. The largest absolute Gasteiger partial charge is 0.360 e. The summed E-state index contributed by atoms with van der Waals surface area (Å²) in [6.07, 6.45) is 39.0. The van der Waals surface area contributed by atoms with Crippen molar-refractivity contribution in [2.24, 2.45) is 29.1 Å². The molecule has 8 atom stereocenters. The molecule has 8 aliphatic rings. The van der Waals surface area contributed by atoms with Crippen LogP contribution >= 0.6 is 23.5 Å². The Bertz CT molecular complexity index is 2350. The quantitative estimate of drug-likeness (QED) is 0.262. The van der Waals surface area contributed by atoms with E-state index in [4.69, 9.17) is 0 Å². The van der Waals surface area contributed by atoms with Gasteiger partial charge in [0.25, 0.3) is 0 Å². The van der Waals surface area contributed by atoms with Crippen LogP contribution in [0, 0.1) is 29.1 Å². The van der Waals surface area contributed by atoms with Crippen LogP contribution in [-0.4, -0.2) is 17.0 Å². The molecule has 0 N–H and O–H groups in total. The number of rotatable bonds is 3. The second-order valence-electron chi connectivity index (χ2n) is 17.3. The van der Waals surface area contributed by atoms with Gasteiger partial charge in [-0.05, 0) is 89.1 Å². The zero-order valence-electron chi connectivity index (χ0n) is 32.1.